The Balaban J connectivity index is 2.37. The summed E-state index contributed by atoms with van der Waals surface area (Å²) in [6, 6.07) is 7.80. The van der Waals surface area contributed by atoms with Gasteiger partial charge in [-0.05, 0) is 13.0 Å². The van der Waals surface area contributed by atoms with Gasteiger partial charge >= 0.3 is 0 Å². The Bertz CT molecular complexity index is 925. The molecule has 1 heterocycles. The summed E-state index contributed by atoms with van der Waals surface area (Å²) in [5, 5.41) is 42.4. The molecule has 0 unspecified atom stereocenters. The molecule has 0 aliphatic heterocycles. The van der Waals surface area contributed by atoms with Gasteiger partial charge < -0.3 is 5.32 Å². The highest BCUT2D eigenvalue weighted by atomic mass is 79.9. The van der Waals surface area contributed by atoms with Crippen molar-refractivity contribution in [3.63, 3.8) is 0 Å². The molecule has 0 aliphatic rings. The van der Waals surface area contributed by atoms with Crippen LogP contribution in [0.3, 0.4) is 0 Å². The van der Waals surface area contributed by atoms with Gasteiger partial charge in [-0.3, -0.25) is 10.1 Å². The predicted octanol–water partition coefficient (Wildman–Crippen LogP) is 4.93. The minimum Gasteiger partial charge on any atom is -0.375 e. The standard InChI is InChI=1S/C15H11BrN6O2S/c1-9-12(8-18)15(19-5-4-16)25-14(9)21-20-13-3-2-11(22(23)24)6-10(13)7-17/h2-3,6,19H,4-5H2,1H3. The zero-order chi connectivity index (χ0) is 18.4. The van der Waals surface area contributed by atoms with Crippen molar-refractivity contribution in [3.05, 3.63) is 45.0 Å². The number of nitriles is 2. The molecule has 2 aromatic rings. The number of thiophene rings is 1. The molecular weight excluding hydrogens is 408 g/mol. The number of rotatable bonds is 6. The number of alkyl halides is 1. The molecule has 0 bridgehead atoms. The molecule has 0 saturated carbocycles. The van der Waals surface area contributed by atoms with Gasteiger partial charge in [0.05, 0.1) is 16.1 Å². The average Bonchev–Trinajstić information content (AvgIpc) is 2.92. The summed E-state index contributed by atoms with van der Waals surface area (Å²) in [5.41, 5.74) is 1.30. The second kappa shape index (κ2) is 8.33. The van der Waals surface area contributed by atoms with E-state index in [9.17, 15) is 15.4 Å². The smallest absolute Gasteiger partial charge is 0.270 e. The number of nitrogens with one attached hydrogen (secondary N) is 1. The first-order chi connectivity index (χ1) is 12.0. The summed E-state index contributed by atoms with van der Waals surface area (Å²) in [4.78, 5) is 10.2. The fourth-order valence-corrected chi connectivity index (χ4v) is 3.13. The van der Waals surface area contributed by atoms with Gasteiger partial charge in [0, 0.05) is 29.6 Å². The van der Waals surface area contributed by atoms with Crippen molar-refractivity contribution in [2.24, 2.45) is 10.2 Å². The zero-order valence-electron chi connectivity index (χ0n) is 13.0. The van der Waals surface area contributed by atoms with E-state index < -0.39 is 4.92 Å². The third kappa shape index (κ3) is 4.18. The second-order valence-electron chi connectivity index (χ2n) is 4.73. The van der Waals surface area contributed by atoms with Gasteiger partial charge in [-0.2, -0.15) is 10.5 Å². The topological polar surface area (TPSA) is 127 Å². The Morgan fingerprint density at radius 1 is 1.36 bits per heavy atom. The maximum atomic E-state index is 10.8. The monoisotopic (exact) mass is 418 g/mol. The van der Waals surface area contributed by atoms with E-state index in [2.05, 4.69) is 37.5 Å². The van der Waals surface area contributed by atoms with Gasteiger partial charge in [-0.25, -0.2) is 0 Å². The first kappa shape index (κ1) is 18.5. The van der Waals surface area contributed by atoms with Crippen LogP contribution in [0.5, 0.6) is 0 Å². The number of hydrogen-bond acceptors (Lipinski definition) is 8. The molecule has 1 aromatic heterocycles. The number of benzene rings is 1. The van der Waals surface area contributed by atoms with E-state index in [-0.39, 0.29) is 16.9 Å². The lowest BCUT2D eigenvalue weighted by atomic mass is 10.2. The summed E-state index contributed by atoms with van der Waals surface area (Å²) in [6.45, 7) is 2.43. The third-order valence-electron chi connectivity index (χ3n) is 3.17. The normalized spacial score (nSPS) is 10.4. The molecule has 1 aromatic carbocycles. The third-order valence-corrected chi connectivity index (χ3v) is 4.70. The molecule has 0 radical (unpaired) electrons. The van der Waals surface area contributed by atoms with E-state index in [4.69, 9.17) is 5.26 Å². The first-order valence-electron chi connectivity index (χ1n) is 6.95. The number of nitro benzene ring substituents is 1. The van der Waals surface area contributed by atoms with Crippen LogP contribution in [0.1, 0.15) is 16.7 Å². The zero-order valence-corrected chi connectivity index (χ0v) is 15.4. The van der Waals surface area contributed by atoms with Crippen LogP contribution in [0, 0.1) is 39.7 Å². The van der Waals surface area contributed by atoms with E-state index in [1.54, 1.807) is 6.92 Å². The Morgan fingerprint density at radius 3 is 2.72 bits per heavy atom. The lowest BCUT2D eigenvalue weighted by Gasteiger charge is -1.99. The highest BCUT2D eigenvalue weighted by molar-refractivity contribution is 9.09. The lowest BCUT2D eigenvalue weighted by molar-refractivity contribution is -0.384. The molecule has 126 valence electrons. The van der Waals surface area contributed by atoms with Crippen molar-refractivity contribution < 1.29 is 4.92 Å². The summed E-state index contributed by atoms with van der Waals surface area (Å²) >= 11 is 4.60. The molecule has 8 nitrogen and oxygen atoms in total. The van der Waals surface area contributed by atoms with Crippen molar-refractivity contribution in [1.82, 2.24) is 0 Å². The SMILES string of the molecule is Cc1c(N=Nc2ccc([N+](=O)[O-])cc2C#N)sc(NCCBr)c1C#N. The Labute approximate surface area is 155 Å². The number of non-ortho nitro benzene ring substituents is 1. The van der Waals surface area contributed by atoms with Gasteiger partial charge in [0.1, 0.15) is 27.8 Å². The number of azo groups is 1. The Hall–Kier alpha value is -2.82. The van der Waals surface area contributed by atoms with Gasteiger partial charge in [0.15, 0.2) is 0 Å². The van der Waals surface area contributed by atoms with Gasteiger partial charge in [-0.1, -0.05) is 27.3 Å². The number of halogens is 1. The molecule has 2 rings (SSSR count). The Kier molecular flexibility index (Phi) is 6.17. The van der Waals surface area contributed by atoms with Crippen LogP contribution in [-0.4, -0.2) is 16.8 Å². The Morgan fingerprint density at radius 2 is 2.12 bits per heavy atom. The van der Waals surface area contributed by atoms with Crippen LogP contribution in [0.15, 0.2) is 28.4 Å². The van der Waals surface area contributed by atoms with Crippen molar-refractivity contribution in [3.8, 4) is 12.1 Å². The van der Waals surface area contributed by atoms with Crippen LogP contribution in [0.2, 0.25) is 0 Å². The van der Waals surface area contributed by atoms with Crippen molar-refractivity contribution >= 4 is 48.6 Å². The number of nitro groups is 1. The van der Waals surface area contributed by atoms with Crippen LogP contribution >= 0.6 is 27.3 Å². The van der Waals surface area contributed by atoms with Gasteiger partial charge in [0.2, 0.25) is 0 Å². The first-order valence-corrected chi connectivity index (χ1v) is 8.89. The highest BCUT2D eigenvalue weighted by Crippen LogP contribution is 2.39. The molecule has 0 aliphatic carbocycles. The van der Waals surface area contributed by atoms with E-state index in [1.165, 1.54) is 23.5 Å². The number of anilines is 1. The fourth-order valence-electron chi connectivity index (χ4n) is 1.93. The maximum Gasteiger partial charge on any atom is 0.270 e. The molecule has 0 saturated heterocycles. The molecule has 0 spiro atoms. The highest BCUT2D eigenvalue weighted by Gasteiger charge is 2.15. The van der Waals surface area contributed by atoms with Crippen molar-refractivity contribution in [1.29, 1.82) is 10.5 Å². The van der Waals surface area contributed by atoms with Crippen LogP contribution < -0.4 is 5.32 Å². The second-order valence-corrected chi connectivity index (χ2v) is 6.53. The summed E-state index contributed by atoms with van der Waals surface area (Å²) in [6.07, 6.45) is 0. The van der Waals surface area contributed by atoms with Crippen LogP contribution in [0.25, 0.3) is 0 Å². The molecular formula is C15H11BrN6O2S. The van der Waals surface area contributed by atoms with E-state index in [0.29, 0.717) is 27.7 Å². The minimum absolute atomic E-state index is 0.0605. The molecule has 10 heteroatoms. The summed E-state index contributed by atoms with van der Waals surface area (Å²) in [7, 11) is 0. The minimum atomic E-state index is -0.577. The van der Waals surface area contributed by atoms with E-state index in [0.717, 1.165) is 11.4 Å². The van der Waals surface area contributed by atoms with Gasteiger partial charge in [0.25, 0.3) is 5.69 Å². The summed E-state index contributed by atoms with van der Waals surface area (Å²) in [5.74, 6) is 0. The maximum absolute atomic E-state index is 10.8. The molecule has 25 heavy (non-hydrogen) atoms. The molecule has 0 amide bonds. The fraction of sp³-hybridized carbons (Fsp3) is 0.200. The van der Waals surface area contributed by atoms with Crippen LogP contribution in [0.4, 0.5) is 21.4 Å². The van der Waals surface area contributed by atoms with Gasteiger partial charge in [-0.15, -0.1) is 10.2 Å². The van der Waals surface area contributed by atoms with E-state index in [1.807, 2.05) is 6.07 Å². The van der Waals surface area contributed by atoms with Crippen LogP contribution in [-0.2, 0) is 0 Å². The largest absolute Gasteiger partial charge is 0.375 e. The quantitative estimate of drug-likeness (QED) is 0.307. The number of hydrogen-bond donors (Lipinski definition) is 1. The molecule has 0 atom stereocenters. The predicted molar refractivity (Wildman–Crippen MR) is 98.0 cm³/mol. The number of nitrogens with zero attached hydrogens (tertiary/aromatic N) is 5. The molecule has 0 fully saturated rings. The van der Waals surface area contributed by atoms with E-state index >= 15 is 0 Å². The molecule has 1 N–H and O–H groups in total. The van der Waals surface area contributed by atoms with Crippen molar-refractivity contribution in [2.45, 2.75) is 6.92 Å². The van der Waals surface area contributed by atoms with Crippen molar-refractivity contribution in [2.75, 3.05) is 17.2 Å². The lowest BCUT2D eigenvalue weighted by Crippen LogP contribution is -2.01. The average molecular weight is 419 g/mol. The summed E-state index contributed by atoms with van der Waals surface area (Å²) < 4.78 is 0.